The molecule has 0 aliphatic heterocycles. The van der Waals surface area contributed by atoms with Gasteiger partial charge in [-0.15, -0.1) is 0 Å². The van der Waals surface area contributed by atoms with Gasteiger partial charge in [0.25, 0.3) is 0 Å². The standard InChI is InChI=1S/C13H24N2O4/c1-4-13(3,5-2)15-12(19)14-10(16)8-6-7-9-11(17)18/h4-9H2,1-3H3,(H,17,18)(H2,14,15,16,19). The Morgan fingerprint density at radius 3 is 2.05 bits per heavy atom. The number of aliphatic carboxylic acids is 1. The van der Waals surface area contributed by atoms with Crippen LogP contribution in [0.2, 0.25) is 0 Å². The molecule has 0 rings (SSSR count). The Labute approximate surface area is 113 Å². The van der Waals surface area contributed by atoms with Crippen LogP contribution in [0.3, 0.4) is 0 Å². The maximum absolute atomic E-state index is 11.6. The number of nitrogens with one attached hydrogen (secondary N) is 2. The molecule has 0 unspecified atom stereocenters. The summed E-state index contributed by atoms with van der Waals surface area (Å²) in [4.78, 5) is 33.3. The summed E-state index contributed by atoms with van der Waals surface area (Å²) in [7, 11) is 0. The van der Waals surface area contributed by atoms with Crippen molar-refractivity contribution >= 4 is 17.9 Å². The number of urea groups is 1. The zero-order chi connectivity index (χ0) is 14.9. The van der Waals surface area contributed by atoms with Gasteiger partial charge in [0.2, 0.25) is 5.91 Å². The summed E-state index contributed by atoms with van der Waals surface area (Å²) in [6.45, 7) is 5.86. The van der Waals surface area contributed by atoms with Gasteiger partial charge in [-0.3, -0.25) is 14.9 Å². The maximum atomic E-state index is 11.6. The van der Waals surface area contributed by atoms with E-state index in [4.69, 9.17) is 5.11 Å². The third-order valence-electron chi connectivity index (χ3n) is 3.27. The molecule has 3 N–H and O–H groups in total. The number of carboxylic acids is 1. The van der Waals surface area contributed by atoms with Crippen LogP contribution in [0.4, 0.5) is 4.79 Å². The second-order valence-electron chi connectivity index (χ2n) is 4.87. The van der Waals surface area contributed by atoms with Crippen molar-refractivity contribution in [2.45, 2.75) is 64.8 Å². The van der Waals surface area contributed by atoms with E-state index in [1.807, 2.05) is 20.8 Å². The van der Waals surface area contributed by atoms with Crippen LogP contribution in [-0.2, 0) is 9.59 Å². The van der Waals surface area contributed by atoms with E-state index >= 15 is 0 Å². The first-order valence-electron chi connectivity index (χ1n) is 6.66. The highest BCUT2D eigenvalue weighted by atomic mass is 16.4. The predicted octanol–water partition coefficient (Wildman–Crippen LogP) is 2.04. The summed E-state index contributed by atoms with van der Waals surface area (Å²) < 4.78 is 0. The Kier molecular flexibility index (Phi) is 7.79. The lowest BCUT2D eigenvalue weighted by molar-refractivity contribution is -0.137. The van der Waals surface area contributed by atoms with E-state index < -0.39 is 12.0 Å². The van der Waals surface area contributed by atoms with E-state index in [1.54, 1.807) is 0 Å². The minimum atomic E-state index is -0.875. The lowest BCUT2D eigenvalue weighted by atomic mass is 9.96. The summed E-state index contributed by atoms with van der Waals surface area (Å²) in [6, 6.07) is -0.491. The molecule has 6 nitrogen and oxygen atoms in total. The van der Waals surface area contributed by atoms with E-state index in [0.717, 1.165) is 12.8 Å². The molecule has 0 fully saturated rings. The fourth-order valence-corrected chi connectivity index (χ4v) is 1.48. The third kappa shape index (κ3) is 8.18. The molecule has 6 heteroatoms. The number of carboxylic acid groups (broad SMARTS) is 1. The number of hydrogen-bond donors (Lipinski definition) is 3. The molecule has 0 bridgehead atoms. The summed E-state index contributed by atoms with van der Waals surface area (Å²) in [5.41, 5.74) is -0.312. The third-order valence-corrected chi connectivity index (χ3v) is 3.27. The lowest BCUT2D eigenvalue weighted by Crippen LogP contribution is -2.50. The van der Waals surface area contributed by atoms with Crippen LogP contribution < -0.4 is 10.6 Å². The lowest BCUT2D eigenvalue weighted by Gasteiger charge is -2.27. The van der Waals surface area contributed by atoms with E-state index in [9.17, 15) is 14.4 Å². The second-order valence-corrected chi connectivity index (χ2v) is 4.87. The van der Waals surface area contributed by atoms with E-state index in [2.05, 4.69) is 10.6 Å². The van der Waals surface area contributed by atoms with Crippen molar-refractivity contribution in [3.8, 4) is 0 Å². The van der Waals surface area contributed by atoms with Gasteiger partial charge in [0.05, 0.1) is 0 Å². The molecule has 0 aromatic carbocycles. The minimum absolute atomic E-state index is 0.0449. The minimum Gasteiger partial charge on any atom is -0.481 e. The van der Waals surface area contributed by atoms with Gasteiger partial charge < -0.3 is 10.4 Å². The zero-order valence-electron chi connectivity index (χ0n) is 11.9. The first-order chi connectivity index (χ1) is 8.83. The predicted molar refractivity (Wildman–Crippen MR) is 71.8 cm³/mol. The van der Waals surface area contributed by atoms with E-state index in [-0.39, 0.29) is 24.3 Å². The fourth-order valence-electron chi connectivity index (χ4n) is 1.48. The van der Waals surface area contributed by atoms with Gasteiger partial charge in [-0.25, -0.2) is 4.79 Å². The maximum Gasteiger partial charge on any atom is 0.321 e. The molecule has 0 spiro atoms. The number of hydrogen-bond acceptors (Lipinski definition) is 3. The van der Waals surface area contributed by atoms with Crippen molar-refractivity contribution in [2.75, 3.05) is 0 Å². The molecule has 19 heavy (non-hydrogen) atoms. The highest BCUT2D eigenvalue weighted by molar-refractivity contribution is 5.94. The van der Waals surface area contributed by atoms with Gasteiger partial charge in [-0.1, -0.05) is 13.8 Å². The quantitative estimate of drug-likeness (QED) is 0.589. The van der Waals surface area contributed by atoms with Crippen LogP contribution in [0, 0.1) is 0 Å². The van der Waals surface area contributed by atoms with Crippen LogP contribution >= 0.6 is 0 Å². The van der Waals surface area contributed by atoms with Gasteiger partial charge in [0.1, 0.15) is 0 Å². The molecule has 0 saturated carbocycles. The van der Waals surface area contributed by atoms with Crippen LogP contribution in [-0.4, -0.2) is 28.6 Å². The van der Waals surface area contributed by atoms with Crippen LogP contribution in [0.1, 0.15) is 59.3 Å². The first-order valence-corrected chi connectivity index (χ1v) is 6.66. The number of amides is 3. The van der Waals surface area contributed by atoms with Crippen molar-refractivity contribution < 1.29 is 19.5 Å². The summed E-state index contributed by atoms with van der Waals surface area (Å²) in [5, 5.41) is 13.5. The molecule has 0 aliphatic carbocycles. The van der Waals surface area contributed by atoms with Gasteiger partial charge in [-0.2, -0.15) is 0 Å². The number of rotatable bonds is 8. The zero-order valence-corrected chi connectivity index (χ0v) is 11.9. The Morgan fingerprint density at radius 2 is 1.58 bits per heavy atom. The second kappa shape index (κ2) is 8.50. The molecule has 0 heterocycles. The smallest absolute Gasteiger partial charge is 0.321 e. The normalized spacial score (nSPS) is 10.9. The molecular weight excluding hydrogens is 248 g/mol. The molecule has 0 aliphatic rings. The summed E-state index contributed by atoms with van der Waals surface area (Å²) in [5.74, 6) is -1.25. The molecule has 0 aromatic heterocycles. The van der Waals surface area contributed by atoms with Crippen LogP contribution in [0.5, 0.6) is 0 Å². The average Bonchev–Trinajstić information content (AvgIpc) is 2.34. The van der Waals surface area contributed by atoms with E-state index in [1.165, 1.54) is 0 Å². The fraction of sp³-hybridized carbons (Fsp3) is 0.769. The highest BCUT2D eigenvalue weighted by Crippen LogP contribution is 2.12. The molecule has 110 valence electrons. The Balaban J connectivity index is 3.93. The van der Waals surface area contributed by atoms with Crippen molar-refractivity contribution in [1.82, 2.24) is 10.6 Å². The molecule has 0 aromatic rings. The van der Waals surface area contributed by atoms with Crippen molar-refractivity contribution in [1.29, 1.82) is 0 Å². The molecule has 0 atom stereocenters. The monoisotopic (exact) mass is 272 g/mol. The number of imide groups is 1. The van der Waals surface area contributed by atoms with Crippen molar-refractivity contribution in [3.05, 3.63) is 0 Å². The number of carbonyl (C=O) groups is 3. The van der Waals surface area contributed by atoms with Crippen LogP contribution in [0.15, 0.2) is 0 Å². The molecule has 0 radical (unpaired) electrons. The Hall–Kier alpha value is -1.59. The molecule has 0 saturated heterocycles. The van der Waals surface area contributed by atoms with Crippen molar-refractivity contribution in [2.24, 2.45) is 0 Å². The largest absolute Gasteiger partial charge is 0.481 e. The van der Waals surface area contributed by atoms with Gasteiger partial charge in [0, 0.05) is 18.4 Å². The molecular formula is C13H24N2O4. The summed E-state index contributed by atoms with van der Waals surface area (Å²) in [6.07, 6.45) is 2.67. The SMILES string of the molecule is CCC(C)(CC)NC(=O)NC(=O)CCCCC(=O)O. The first kappa shape index (κ1) is 17.4. The van der Waals surface area contributed by atoms with Gasteiger partial charge in [0.15, 0.2) is 0 Å². The van der Waals surface area contributed by atoms with Gasteiger partial charge in [-0.05, 0) is 32.6 Å². The van der Waals surface area contributed by atoms with E-state index in [0.29, 0.717) is 12.8 Å². The Bertz CT molecular complexity index is 325. The molecule has 3 amide bonds. The number of carbonyl (C=O) groups excluding carboxylic acids is 2. The van der Waals surface area contributed by atoms with Crippen LogP contribution in [0.25, 0.3) is 0 Å². The number of unbranched alkanes of at least 4 members (excludes halogenated alkanes) is 1. The highest BCUT2D eigenvalue weighted by Gasteiger charge is 2.22. The Morgan fingerprint density at radius 1 is 1.05 bits per heavy atom. The summed E-state index contributed by atoms with van der Waals surface area (Å²) >= 11 is 0. The van der Waals surface area contributed by atoms with Gasteiger partial charge >= 0.3 is 12.0 Å². The average molecular weight is 272 g/mol. The van der Waals surface area contributed by atoms with Crippen molar-refractivity contribution in [3.63, 3.8) is 0 Å². The topological polar surface area (TPSA) is 95.5 Å².